The Balaban J connectivity index is 2.06. The Morgan fingerprint density at radius 1 is 1.05 bits per heavy atom. The summed E-state index contributed by atoms with van der Waals surface area (Å²) in [7, 11) is 1.96. The van der Waals surface area contributed by atoms with E-state index in [4.69, 9.17) is 9.47 Å². The molecule has 0 aliphatic carbocycles. The van der Waals surface area contributed by atoms with Crippen molar-refractivity contribution in [2.75, 3.05) is 26.9 Å². The highest BCUT2D eigenvalue weighted by Crippen LogP contribution is 2.28. The van der Waals surface area contributed by atoms with Gasteiger partial charge in [-0.25, -0.2) is 0 Å². The monoisotopic (exact) mass is 287 g/mol. The van der Waals surface area contributed by atoms with Crippen molar-refractivity contribution < 1.29 is 9.47 Å². The van der Waals surface area contributed by atoms with Gasteiger partial charge in [-0.3, -0.25) is 0 Å². The lowest BCUT2D eigenvalue weighted by Gasteiger charge is -2.14. The maximum atomic E-state index is 5.91. The molecule has 0 fully saturated rings. The molecule has 2 aromatic rings. The van der Waals surface area contributed by atoms with Gasteiger partial charge in [-0.2, -0.15) is 0 Å². The first-order valence-electron chi connectivity index (χ1n) is 7.58. The second-order valence-corrected chi connectivity index (χ2v) is 5.61. The van der Waals surface area contributed by atoms with Crippen LogP contribution in [0.5, 0.6) is 5.75 Å². The summed E-state index contributed by atoms with van der Waals surface area (Å²) >= 11 is 0. The number of ether oxygens (including phenoxy) is 2. The van der Waals surface area contributed by atoms with Gasteiger partial charge in [0.1, 0.15) is 12.4 Å². The van der Waals surface area contributed by atoms with Gasteiger partial charge in [-0.05, 0) is 29.8 Å². The maximum Gasteiger partial charge on any atom is 0.124 e. The van der Waals surface area contributed by atoms with Gasteiger partial charge < -0.3 is 14.8 Å². The van der Waals surface area contributed by atoms with Gasteiger partial charge in [-0.1, -0.05) is 44.2 Å². The number of fused-ring (bicyclic) bond motifs is 1. The molecule has 0 radical (unpaired) electrons. The minimum atomic E-state index is 0.561. The largest absolute Gasteiger partial charge is 0.491 e. The van der Waals surface area contributed by atoms with Crippen LogP contribution >= 0.6 is 0 Å². The average molecular weight is 287 g/mol. The van der Waals surface area contributed by atoms with E-state index in [9.17, 15) is 0 Å². The Morgan fingerprint density at radius 2 is 1.86 bits per heavy atom. The number of nitrogens with one attached hydrogen (secondary N) is 1. The molecule has 0 saturated heterocycles. The average Bonchev–Trinajstić information content (AvgIpc) is 2.48. The molecule has 0 spiro atoms. The van der Waals surface area contributed by atoms with E-state index < -0.39 is 0 Å². The van der Waals surface area contributed by atoms with E-state index in [0.29, 0.717) is 19.1 Å². The van der Waals surface area contributed by atoms with E-state index in [0.717, 1.165) is 18.9 Å². The molecule has 0 aliphatic rings. The minimum absolute atomic E-state index is 0.561. The Morgan fingerprint density at radius 3 is 2.62 bits per heavy atom. The number of hydrogen-bond acceptors (Lipinski definition) is 3. The quantitative estimate of drug-likeness (QED) is 0.752. The number of benzene rings is 2. The highest BCUT2D eigenvalue weighted by atomic mass is 16.5. The van der Waals surface area contributed by atoms with Gasteiger partial charge in [0.25, 0.3) is 0 Å². The van der Waals surface area contributed by atoms with E-state index in [-0.39, 0.29) is 0 Å². The molecule has 2 aromatic carbocycles. The Bertz CT molecular complexity index is 566. The molecule has 0 aromatic heterocycles. The SMILES string of the molecule is CNCc1c(OCCOCC(C)C)ccc2ccccc12. The fraction of sp³-hybridized carbons (Fsp3) is 0.444. The van der Waals surface area contributed by atoms with Crippen LogP contribution in [0.4, 0.5) is 0 Å². The summed E-state index contributed by atoms with van der Waals surface area (Å²) in [6.45, 7) is 7.09. The van der Waals surface area contributed by atoms with Crippen molar-refractivity contribution in [3.63, 3.8) is 0 Å². The molecule has 0 amide bonds. The van der Waals surface area contributed by atoms with Crippen LogP contribution in [0, 0.1) is 5.92 Å². The van der Waals surface area contributed by atoms with Gasteiger partial charge in [0, 0.05) is 18.7 Å². The minimum Gasteiger partial charge on any atom is -0.491 e. The Hall–Kier alpha value is -1.58. The van der Waals surface area contributed by atoms with Crippen molar-refractivity contribution in [1.82, 2.24) is 5.32 Å². The van der Waals surface area contributed by atoms with Gasteiger partial charge in [0.2, 0.25) is 0 Å². The molecular formula is C18H25NO2. The molecule has 0 bridgehead atoms. The molecule has 114 valence electrons. The van der Waals surface area contributed by atoms with Gasteiger partial charge in [-0.15, -0.1) is 0 Å². The summed E-state index contributed by atoms with van der Waals surface area (Å²) in [4.78, 5) is 0. The molecule has 1 N–H and O–H groups in total. The molecule has 0 heterocycles. The van der Waals surface area contributed by atoms with Crippen molar-refractivity contribution in [3.8, 4) is 5.75 Å². The van der Waals surface area contributed by atoms with Crippen LogP contribution in [-0.2, 0) is 11.3 Å². The van der Waals surface area contributed by atoms with Crippen molar-refractivity contribution in [1.29, 1.82) is 0 Å². The van der Waals surface area contributed by atoms with E-state index in [1.165, 1.54) is 16.3 Å². The van der Waals surface area contributed by atoms with Crippen LogP contribution in [0.1, 0.15) is 19.4 Å². The Kier molecular flexibility index (Phi) is 6.03. The van der Waals surface area contributed by atoms with Crippen molar-refractivity contribution in [3.05, 3.63) is 42.0 Å². The zero-order valence-electron chi connectivity index (χ0n) is 13.2. The molecule has 21 heavy (non-hydrogen) atoms. The van der Waals surface area contributed by atoms with Crippen LogP contribution in [0.2, 0.25) is 0 Å². The topological polar surface area (TPSA) is 30.5 Å². The highest BCUT2D eigenvalue weighted by Gasteiger charge is 2.08. The molecule has 0 aliphatic heterocycles. The summed E-state index contributed by atoms with van der Waals surface area (Å²) in [6, 6.07) is 12.6. The summed E-state index contributed by atoms with van der Waals surface area (Å²) in [5.74, 6) is 1.50. The van der Waals surface area contributed by atoms with E-state index >= 15 is 0 Å². The molecule has 0 unspecified atom stereocenters. The van der Waals surface area contributed by atoms with Crippen molar-refractivity contribution in [2.45, 2.75) is 20.4 Å². The summed E-state index contributed by atoms with van der Waals surface area (Å²) in [5.41, 5.74) is 1.21. The fourth-order valence-corrected chi connectivity index (χ4v) is 2.34. The molecule has 0 saturated carbocycles. The predicted molar refractivity (Wildman–Crippen MR) is 87.9 cm³/mol. The second kappa shape index (κ2) is 8.01. The predicted octanol–water partition coefficient (Wildman–Crippen LogP) is 3.61. The first-order valence-corrected chi connectivity index (χ1v) is 7.58. The maximum absolute atomic E-state index is 5.91. The number of rotatable bonds is 8. The lowest BCUT2D eigenvalue weighted by atomic mass is 10.0. The van der Waals surface area contributed by atoms with Gasteiger partial charge in [0.05, 0.1) is 6.61 Å². The van der Waals surface area contributed by atoms with E-state index in [1.807, 2.05) is 7.05 Å². The molecule has 2 rings (SSSR count). The first kappa shape index (κ1) is 15.8. The highest BCUT2D eigenvalue weighted by molar-refractivity contribution is 5.87. The zero-order valence-corrected chi connectivity index (χ0v) is 13.2. The normalized spacial score (nSPS) is 11.2. The number of hydrogen-bond donors (Lipinski definition) is 1. The lowest BCUT2D eigenvalue weighted by molar-refractivity contribution is 0.0816. The van der Waals surface area contributed by atoms with Gasteiger partial charge in [0.15, 0.2) is 0 Å². The van der Waals surface area contributed by atoms with Crippen LogP contribution < -0.4 is 10.1 Å². The standard InChI is InChI=1S/C18H25NO2/c1-14(2)13-20-10-11-21-18-9-8-15-6-4-5-7-16(15)17(18)12-19-3/h4-9,14,19H,10-13H2,1-3H3. The van der Waals surface area contributed by atoms with Crippen LogP contribution in [0.25, 0.3) is 10.8 Å². The summed E-state index contributed by atoms with van der Waals surface area (Å²) in [5, 5.41) is 5.71. The van der Waals surface area contributed by atoms with Crippen LogP contribution in [0.15, 0.2) is 36.4 Å². The summed E-state index contributed by atoms with van der Waals surface area (Å²) in [6.07, 6.45) is 0. The third-order valence-corrected chi connectivity index (χ3v) is 3.29. The van der Waals surface area contributed by atoms with Crippen LogP contribution in [0.3, 0.4) is 0 Å². The molecule has 0 atom stereocenters. The molecule has 3 nitrogen and oxygen atoms in total. The van der Waals surface area contributed by atoms with Crippen molar-refractivity contribution >= 4 is 10.8 Å². The lowest BCUT2D eigenvalue weighted by Crippen LogP contribution is -2.12. The van der Waals surface area contributed by atoms with Crippen molar-refractivity contribution in [2.24, 2.45) is 5.92 Å². The molecular weight excluding hydrogens is 262 g/mol. The second-order valence-electron chi connectivity index (χ2n) is 5.61. The first-order chi connectivity index (χ1) is 10.2. The fourth-order valence-electron chi connectivity index (χ4n) is 2.34. The third-order valence-electron chi connectivity index (χ3n) is 3.29. The van der Waals surface area contributed by atoms with E-state index in [2.05, 4.69) is 55.6 Å². The Labute approximate surface area is 127 Å². The summed E-state index contributed by atoms with van der Waals surface area (Å²) < 4.78 is 11.5. The van der Waals surface area contributed by atoms with E-state index in [1.54, 1.807) is 0 Å². The third kappa shape index (κ3) is 4.45. The van der Waals surface area contributed by atoms with Gasteiger partial charge >= 0.3 is 0 Å². The zero-order chi connectivity index (χ0) is 15.1. The smallest absolute Gasteiger partial charge is 0.124 e. The van der Waals surface area contributed by atoms with Crippen LogP contribution in [-0.4, -0.2) is 26.9 Å². The molecule has 3 heteroatoms.